The highest BCUT2D eigenvalue weighted by molar-refractivity contribution is 7.92. The maximum Gasteiger partial charge on any atom is 0.283 e. The molecule has 0 bridgehead atoms. The van der Waals surface area contributed by atoms with Gasteiger partial charge in [-0.2, -0.15) is 0 Å². The Morgan fingerprint density at radius 2 is 1.59 bits per heavy atom. The molecule has 3 aromatic rings. The molecule has 1 aromatic heterocycles. The van der Waals surface area contributed by atoms with Gasteiger partial charge in [-0.05, 0) is 55.0 Å². The minimum atomic E-state index is -3.84. The van der Waals surface area contributed by atoms with Gasteiger partial charge in [0, 0.05) is 11.9 Å². The summed E-state index contributed by atoms with van der Waals surface area (Å²) in [6.45, 7) is 1.79. The third-order valence-corrected chi connectivity index (χ3v) is 6.44. The molecule has 32 heavy (non-hydrogen) atoms. The number of rotatable bonds is 6. The van der Waals surface area contributed by atoms with Gasteiger partial charge in [-0.15, -0.1) is 0 Å². The number of carbonyl (C=O) groups excluding carboxylic acids is 2. The molecular formula is C22H17ClN4O4S. The lowest BCUT2D eigenvalue weighted by Gasteiger charge is -2.17. The van der Waals surface area contributed by atoms with Crippen LogP contribution in [0.15, 0.2) is 88.6 Å². The van der Waals surface area contributed by atoms with Gasteiger partial charge in [-0.25, -0.2) is 18.3 Å². The number of sulfonamides is 1. The van der Waals surface area contributed by atoms with Crippen molar-refractivity contribution in [3.8, 4) is 0 Å². The van der Waals surface area contributed by atoms with Gasteiger partial charge >= 0.3 is 0 Å². The number of carbonyl (C=O) groups is 2. The highest BCUT2D eigenvalue weighted by Gasteiger charge is 2.39. The molecule has 0 aliphatic carbocycles. The van der Waals surface area contributed by atoms with Gasteiger partial charge in [0.1, 0.15) is 16.5 Å². The Labute approximate surface area is 189 Å². The van der Waals surface area contributed by atoms with E-state index in [2.05, 4.69) is 15.0 Å². The first kappa shape index (κ1) is 21.5. The van der Waals surface area contributed by atoms with E-state index in [9.17, 15) is 18.0 Å². The Bertz CT molecular complexity index is 1340. The number of aromatic nitrogens is 1. The Kier molecular flexibility index (Phi) is 5.68. The summed E-state index contributed by atoms with van der Waals surface area (Å²) in [5, 5.41) is 2.58. The second-order valence-corrected chi connectivity index (χ2v) is 8.95. The average Bonchev–Trinajstić information content (AvgIpc) is 2.98. The molecular weight excluding hydrogens is 452 g/mol. The summed E-state index contributed by atoms with van der Waals surface area (Å²) in [6, 6.07) is 17.5. The molecule has 8 nitrogen and oxygen atoms in total. The molecule has 0 radical (unpaired) electrons. The van der Waals surface area contributed by atoms with Crippen molar-refractivity contribution in [2.45, 2.75) is 11.8 Å². The fourth-order valence-corrected chi connectivity index (χ4v) is 4.35. The molecule has 2 aromatic carbocycles. The van der Waals surface area contributed by atoms with Crippen LogP contribution in [0.3, 0.4) is 0 Å². The number of benzene rings is 2. The van der Waals surface area contributed by atoms with E-state index in [-0.39, 0.29) is 21.4 Å². The van der Waals surface area contributed by atoms with Gasteiger partial charge in [-0.1, -0.05) is 35.9 Å². The lowest BCUT2D eigenvalue weighted by Crippen LogP contribution is -2.32. The van der Waals surface area contributed by atoms with Crippen molar-refractivity contribution < 1.29 is 18.0 Å². The molecule has 2 amide bonds. The molecule has 0 atom stereocenters. The molecule has 0 saturated heterocycles. The summed E-state index contributed by atoms with van der Waals surface area (Å²) in [6.07, 6.45) is 1.47. The number of anilines is 3. The third kappa shape index (κ3) is 4.08. The van der Waals surface area contributed by atoms with Crippen LogP contribution < -0.4 is 14.9 Å². The van der Waals surface area contributed by atoms with E-state index in [1.807, 2.05) is 0 Å². The van der Waals surface area contributed by atoms with Gasteiger partial charge < -0.3 is 5.32 Å². The van der Waals surface area contributed by atoms with Gasteiger partial charge in [0.2, 0.25) is 0 Å². The van der Waals surface area contributed by atoms with Crippen LogP contribution in [0.1, 0.15) is 5.56 Å². The maximum atomic E-state index is 12.9. The maximum absolute atomic E-state index is 12.9. The number of imide groups is 1. The Balaban J connectivity index is 1.54. The predicted molar refractivity (Wildman–Crippen MR) is 122 cm³/mol. The molecule has 1 aliphatic heterocycles. The molecule has 162 valence electrons. The quantitative estimate of drug-likeness (QED) is 0.535. The number of hydrogen-bond donors (Lipinski definition) is 2. The summed E-state index contributed by atoms with van der Waals surface area (Å²) in [7, 11) is -3.84. The average molecular weight is 469 g/mol. The minimum absolute atomic E-state index is 0.00383. The number of para-hydroxylation sites is 1. The number of amides is 2. The van der Waals surface area contributed by atoms with Gasteiger partial charge in [-0.3, -0.25) is 14.3 Å². The largest absolute Gasteiger partial charge is 0.350 e. The van der Waals surface area contributed by atoms with Gasteiger partial charge in [0.05, 0.1) is 10.6 Å². The van der Waals surface area contributed by atoms with Crippen LogP contribution >= 0.6 is 11.6 Å². The highest BCUT2D eigenvalue weighted by Crippen LogP contribution is 2.32. The van der Waals surface area contributed by atoms with E-state index >= 15 is 0 Å². The zero-order valence-corrected chi connectivity index (χ0v) is 18.3. The van der Waals surface area contributed by atoms with Crippen molar-refractivity contribution in [2.75, 3.05) is 14.9 Å². The molecule has 0 saturated carbocycles. The number of nitrogens with zero attached hydrogens (tertiary/aromatic N) is 2. The second-order valence-electron chi connectivity index (χ2n) is 6.89. The lowest BCUT2D eigenvalue weighted by molar-refractivity contribution is -0.120. The summed E-state index contributed by atoms with van der Waals surface area (Å²) in [4.78, 5) is 30.5. The zero-order chi connectivity index (χ0) is 22.9. The first-order valence-electron chi connectivity index (χ1n) is 9.43. The number of aryl methyl sites for hydroxylation is 1. The van der Waals surface area contributed by atoms with Crippen molar-refractivity contribution in [3.63, 3.8) is 0 Å². The van der Waals surface area contributed by atoms with E-state index in [4.69, 9.17) is 11.6 Å². The van der Waals surface area contributed by atoms with Crippen molar-refractivity contribution in [3.05, 3.63) is 89.2 Å². The molecule has 0 unspecified atom stereocenters. The molecule has 10 heteroatoms. The van der Waals surface area contributed by atoms with Crippen molar-refractivity contribution >= 4 is 50.6 Å². The first-order chi connectivity index (χ1) is 15.3. The number of halogens is 1. The Morgan fingerprint density at radius 3 is 2.25 bits per heavy atom. The molecule has 1 aliphatic rings. The third-order valence-electron chi connectivity index (χ3n) is 4.72. The smallest absolute Gasteiger partial charge is 0.283 e. The fraction of sp³-hybridized carbons (Fsp3) is 0.0455. The molecule has 0 spiro atoms. The normalized spacial score (nSPS) is 14.1. The van der Waals surface area contributed by atoms with Gasteiger partial charge in [0.25, 0.3) is 21.8 Å². The summed E-state index contributed by atoms with van der Waals surface area (Å²) in [5.74, 6) is -1.03. The minimum Gasteiger partial charge on any atom is -0.350 e. The first-order valence-corrected chi connectivity index (χ1v) is 11.3. The molecule has 2 heterocycles. The predicted octanol–water partition coefficient (Wildman–Crippen LogP) is 3.63. The highest BCUT2D eigenvalue weighted by atomic mass is 35.5. The van der Waals surface area contributed by atoms with E-state index in [1.54, 1.807) is 43.3 Å². The van der Waals surface area contributed by atoms with Crippen molar-refractivity contribution in [2.24, 2.45) is 0 Å². The van der Waals surface area contributed by atoms with E-state index in [0.29, 0.717) is 11.4 Å². The van der Waals surface area contributed by atoms with E-state index < -0.39 is 21.8 Å². The van der Waals surface area contributed by atoms with Crippen LogP contribution in [-0.2, 0) is 19.6 Å². The number of pyridine rings is 1. The Morgan fingerprint density at radius 1 is 0.906 bits per heavy atom. The van der Waals surface area contributed by atoms with E-state index in [0.717, 1.165) is 10.5 Å². The van der Waals surface area contributed by atoms with E-state index in [1.165, 1.54) is 36.5 Å². The lowest BCUT2D eigenvalue weighted by atomic mass is 10.2. The van der Waals surface area contributed by atoms with Crippen molar-refractivity contribution in [1.29, 1.82) is 0 Å². The monoisotopic (exact) mass is 468 g/mol. The molecule has 0 fully saturated rings. The summed E-state index contributed by atoms with van der Waals surface area (Å²) in [5.41, 5.74) is 1.50. The summed E-state index contributed by atoms with van der Waals surface area (Å²) < 4.78 is 27.4. The topological polar surface area (TPSA) is 108 Å². The van der Waals surface area contributed by atoms with Crippen molar-refractivity contribution in [1.82, 2.24) is 4.98 Å². The fourth-order valence-electron chi connectivity index (χ4n) is 3.13. The summed E-state index contributed by atoms with van der Waals surface area (Å²) >= 11 is 6.16. The Hall–Kier alpha value is -3.69. The van der Waals surface area contributed by atoms with Crippen LogP contribution in [0.5, 0.6) is 0 Å². The van der Waals surface area contributed by atoms with Crippen LogP contribution in [0, 0.1) is 6.92 Å². The zero-order valence-electron chi connectivity index (χ0n) is 16.7. The second kappa shape index (κ2) is 8.45. The van der Waals surface area contributed by atoms with Crippen LogP contribution in [0.4, 0.5) is 17.2 Å². The van der Waals surface area contributed by atoms with Crippen LogP contribution in [0.2, 0.25) is 0 Å². The standard InChI is InChI=1S/C22H17ClN4O4S/c1-14-6-2-3-7-17(14)27-21(28)19(23)20(22(27)29)25-15-9-11-16(12-10-15)32(30,31)26-18-8-4-5-13-24-18/h2-13,25H,1H3,(H,24,26). The van der Waals surface area contributed by atoms with Gasteiger partial charge in [0.15, 0.2) is 0 Å². The molecule has 4 rings (SSSR count). The number of hydrogen-bond acceptors (Lipinski definition) is 6. The van der Waals surface area contributed by atoms with Crippen LogP contribution in [-0.4, -0.2) is 25.2 Å². The molecule has 2 N–H and O–H groups in total. The number of nitrogens with one attached hydrogen (secondary N) is 2. The van der Waals surface area contributed by atoms with Crippen LogP contribution in [0.25, 0.3) is 0 Å². The SMILES string of the molecule is Cc1ccccc1N1C(=O)C(Cl)=C(Nc2ccc(S(=O)(=O)Nc3ccccn3)cc2)C1=O.